The van der Waals surface area contributed by atoms with Crippen LogP contribution in [-0.4, -0.2) is 41.7 Å². The molecule has 1 heterocycles. The van der Waals surface area contributed by atoms with Gasteiger partial charge in [-0.2, -0.15) is 0 Å². The average Bonchev–Trinajstić information content (AvgIpc) is 2.44. The van der Waals surface area contributed by atoms with Crippen LogP contribution < -0.4 is 5.32 Å². The first-order valence-electron chi connectivity index (χ1n) is 7.37. The number of carbonyl (C=O) groups is 1. The highest BCUT2D eigenvalue weighted by Gasteiger charge is 2.23. The Bertz CT molecular complexity index is 460. The van der Waals surface area contributed by atoms with Crippen molar-refractivity contribution in [1.82, 2.24) is 4.90 Å². The molecule has 0 aliphatic carbocycles. The normalized spacial score (nSPS) is 19.2. The van der Waals surface area contributed by atoms with E-state index in [-0.39, 0.29) is 12.0 Å². The van der Waals surface area contributed by atoms with Crippen molar-refractivity contribution in [2.24, 2.45) is 5.92 Å². The van der Waals surface area contributed by atoms with Gasteiger partial charge in [0.1, 0.15) is 0 Å². The van der Waals surface area contributed by atoms with E-state index in [1.165, 1.54) is 0 Å². The second-order valence-corrected chi connectivity index (χ2v) is 5.90. The fourth-order valence-corrected chi connectivity index (χ4v) is 2.41. The lowest BCUT2D eigenvalue weighted by atomic mass is 10.1. The number of amides is 1. The molecule has 1 aliphatic rings. The Kier molecular flexibility index (Phi) is 5.01. The van der Waals surface area contributed by atoms with Gasteiger partial charge >= 0.3 is 0 Å². The summed E-state index contributed by atoms with van der Waals surface area (Å²) < 4.78 is 0. The van der Waals surface area contributed by atoms with E-state index in [4.69, 9.17) is 0 Å². The van der Waals surface area contributed by atoms with Gasteiger partial charge in [-0.1, -0.05) is 19.9 Å². The standard InChI is InChI=1S/C16H24N2O2/c1-12(2)10-17-14-6-3-5-13(9-14)16(20)18-8-4-7-15(19)11-18/h3,5-6,9,12,15,17,19H,4,7-8,10-11H2,1-2H3. The minimum absolute atomic E-state index is 0.0111. The van der Waals surface area contributed by atoms with Gasteiger partial charge in [0.05, 0.1) is 6.10 Å². The molecule has 1 amide bonds. The molecule has 20 heavy (non-hydrogen) atoms. The number of hydrogen-bond donors (Lipinski definition) is 2. The van der Waals surface area contributed by atoms with Crippen LogP contribution in [0.4, 0.5) is 5.69 Å². The predicted octanol–water partition coefficient (Wildman–Crippen LogP) is 2.35. The fourth-order valence-electron chi connectivity index (χ4n) is 2.41. The largest absolute Gasteiger partial charge is 0.391 e. The topological polar surface area (TPSA) is 52.6 Å². The number of nitrogens with zero attached hydrogens (tertiary/aromatic N) is 1. The van der Waals surface area contributed by atoms with Gasteiger partial charge in [-0.15, -0.1) is 0 Å². The van der Waals surface area contributed by atoms with Crippen LogP contribution >= 0.6 is 0 Å². The molecule has 0 aromatic heterocycles. The Labute approximate surface area is 120 Å². The van der Waals surface area contributed by atoms with Crippen LogP contribution in [0.25, 0.3) is 0 Å². The molecule has 1 atom stereocenters. The van der Waals surface area contributed by atoms with Gasteiger partial charge in [-0.3, -0.25) is 4.79 Å². The van der Waals surface area contributed by atoms with E-state index in [9.17, 15) is 9.90 Å². The third-order valence-corrected chi connectivity index (χ3v) is 3.51. The molecular weight excluding hydrogens is 252 g/mol. The fraction of sp³-hybridized carbons (Fsp3) is 0.562. The number of aliphatic hydroxyl groups excluding tert-OH is 1. The van der Waals surface area contributed by atoms with Crippen LogP contribution in [0.1, 0.15) is 37.0 Å². The molecule has 110 valence electrons. The molecule has 1 saturated heterocycles. The van der Waals surface area contributed by atoms with Gasteiger partial charge in [0, 0.05) is 30.9 Å². The molecule has 4 heteroatoms. The number of hydrogen-bond acceptors (Lipinski definition) is 3. The van der Waals surface area contributed by atoms with E-state index in [2.05, 4.69) is 19.2 Å². The second-order valence-electron chi connectivity index (χ2n) is 5.90. The number of anilines is 1. The molecule has 1 aromatic carbocycles. The number of aliphatic hydroxyl groups is 1. The van der Waals surface area contributed by atoms with E-state index < -0.39 is 0 Å². The molecule has 1 unspecified atom stereocenters. The van der Waals surface area contributed by atoms with Crippen molar-refractivity contribution in [1.29, 1.82) is 0 Å². The number of rotatable bonds is 4. The summed E-state index contributed by atoms with van der Waals surface area (Å²) in [4.78, 5) is 14.2. The van der Waals surface area contributed by atoms with E-state index >= 15 is 0 Å². The number of benzene rings is 1. The number of nitrogens with one attached hydrogen (secondary N) is 1. The molecule has 1 fully saturated rings. The summed E-state index contributed by atoms with van der Waals surface area (Å²) >= 11 is 0. The quantitative estimate of drug-likeness (QED) is 0.887. The van der Waals surface area contributed by atoms with Crippen LogP contribution in [0.15, 0.2) is 24.3 Å². The Morgan fingerprint density at radius 2 is 2.30 bits per heavy atom. The summed E-state index contributed by atoms with van der Waals surface area (Å²) in [6.45, 7) is 6.37. The Morgan fingerprint density at radius 3 is 3.00 bits per heavy atom. The zero-order chi connectivity index (χ0) is 14.5. The highest BCUT2D eigenvalue weighted by molar-refractivity contribution is 5.95. The molecule has 0 bridgehead atoms. The van der Waals surface area contributed by atoms with Crippen LogP contribution in [0.5, 0.6) is 0 Å². The maximum absolute atomic E-state index is 12.4. The van der Waals surface area contributed by atoms with Gasteiger partial charge in [0.15, 0.2) is 0 Å². The van der Waals surface area contributed by atoms with Crippen molar-refractivity contribution in [2.75, 3.05) is 25.0 Å². The molecule has 2 N–H and O–H groups in total. The Balaban J connectivity index is 2.04. The number of piperidine rings is 1. The number of likely N-dealkylation sites (tertiary alicyclic amines) is 1. The maximum Gasteiger partial charge on any atom is 0.254 e. The minimum atomic E-state index is -0.380. The lowest BCUT2D eigenvalue weighted by Crippen LogP contribution is -2.42. The Morgan fingerprint density at radius 1 is 1.50 bits per heavy atom. The van der Waals surface area contributed by atoms with Crippen molar-refractivity contribution >= 4 is 11.6 Å². The van der Waals surface area contributed by atoms with E-state index in [0.717, 1.165) is 31.6 Å². The predicted molar refractivity (Wildman–Crippen MR) is 80.9 cm³/mol. The first kappa shape index (κ1) is 14.9. The van der Waals surface area contributed by atoms with Gasteiger partial charge in [0.25, 0.3) is 5.91 Å². The summed E-state index contributed by atoms with van der Waals surface area (Å²) in [6.07, 6.45) is 1.28. The molecule has 0 spiro atoms. The lowest BCUT2D eigenvalue weighted by molar-refractivity contribution is 0.0474. The van der Waals surface area contributed by atoms with Crippen molar-refractivity contribution < 1.29 is 9.90 Å². The first-order chi connectivity index (χ1) is 9.56. The van der Waals surface area contributed by atoms with Crippen LogP contribution in [0.3, 0.4) is 0 Å². The molecule has 1 aliphatic heterocycles. The molecular formula is C16H24N2O2. The summed E-state index contributed by atoms with van der Waals surface area (Å²) in [5, 5.41) is 13.0. The van der Waals surface area contributed by atoms with Crippen molar-refractivity contribution in [2.45, 2.75) is 32.8 Å². The third-order valence-electron chi connectivity index (χ3n) is 3.51. The maximum atomic E-state index is 12.4. The van der Waals surface area contributed by atoms with Gasteiger partial charge < -0.3 is 15.3 Å². The molecule has 4 nitrogen and oxygen atoms in total. The summed E-state index contributed by atoms with van der Waals surface area (Å²) in [5.74, 6) is 0.573. The monoisotopic (exact) mass is 276 g/mol. The SMILES string of the molecule is CC(C)CNc1cccc(C(=O)N2CCCC(O)C2)c1. The molecule has 2 rings (SSSR count). The highest BCUT2D eigenvalue weighted by atomic mass is 16.3. The summed E-state index contributed by atoms with van der Waals surface area (Å²) in [6, 6.07) is 7.61. The smallest absolute Gasteiger partial charge is 0.254 e. The van der Waals surface area contributed by atoms with Crippen molar-refractivity contribution in [3.63, 3.8) is 0 Å². The van der Waals surface area contributed by atoms with E-state index in [1.807, 2.05) is 24.3 Å². The van der Waals surface area contributed by atoms with Crippen LogP contribution in [0, 0.1) is 5.92 Å². The highest BCUT2D eigenvalue weighted by Crippen LogP contribution is 2.17. The average molecular weight is 276 g/mol. The van der Waals surface area contributed by atoms with Gasteiger partial charge in [0.2, 0.25) is 0 Å². The third kappa shape index (κ3) is 3.97. The molecule has 1 aromatic rings. The molecule has 0 saturated carbocycles. The minimum Gasteiger partial charge on any atom is -0.391 e. The van der Waals surface area contributed by atoms with Gasteiger partial charge in [-0.25, -0.2) is 0 Å². The van der Waals surface area contributed by atoms with E-state index in [1.54, 1.807) is 4.90 Å². The zero-order valence-electron chi connectivity index (χ0n) is 12.3. The van der Waals surface area contributed by atoms with E-state index in [0.29, 0.717) is 18.0 Å². The summed E-state index contributed by atoms with van der Waals surface area (Å²) in [7, 11) is 0. The van der Waals surface area contributed by atoms with Crippen LogP contribution in [0.2, 0.25) is 0 Å². The lowest BCUT2D eigenvalue weighted by Gasteiger charge is -2.30. The second kappa shape index (κ2) is 6.75. The summed E-state index contributed by atoms with van der Waals surface area (Å²) in [5.41, 5.74) is 1.66. The number of β-amino-alcohol motifs (C(OH)–C–C–N with tert-alkyl or cyclic N) is 1. The Hall–Kier alpha value is -1.55. The first-order valence-corrected chi connectivity index (χ1v) is 7.37. The van der Waals surface area contributed by atoms with Crippen molar-refractivity contribution in [3.8, 4) is 0 Å². The van der Waals surface area contributed by atoms with Crippen LogP contribution in [-0.2, 0) is 0 Å². The van der Waals surface area contributed by atoms with Gasteiger partial charge in [-0.05, 0) is 37.0 Å². The molecule has 0 radical (unpaired) electrons. The number of carbonyl (C=O) groups excluding carboxylic acids is 1. The van der Waals surface area contributed by atoms with Crippen molar-refractivity contribution in [3.05, 3.63) is 29.8 Å². The zero-order valence-corrected chi connectivity index (χ0v) is 12.3.